The number of nitrogens with one attached hydrogen (secondary N) is 2. The van der Waals surface area contributed by atoms with Crippen molar-refractivity contribution in [3.63, 3.8) is 0 Å². The highest BCUT2D eigenvalue weighted by molar-refractivity contribution is 7.90. The van der Waals surface area contributed by atoms with Crippen molar-refractivity contribution in [2.45, 2.75) is 19.8 Å². The molecule has 1 saturated heterocycles. The molecule has 2 heterocycles. The Hall–Kier alpha value is -1.64. The molecule has 0 saturated carbocycles. The van der Waals surface area contributed by atoms with Gasteiger partial charge in [-0.1, -0.05) is 0 Å². The Labute approximate surface area is 125 Å². The molecule has 2 rings (SSSR count). The van der Waals surface area contributed by atoms with Gasteiger partial charge in [-0.15, -0.1) is 0 Å². The zero-order valence-corrected chi connectivity index (χ0v) is 13.3. The van der Waals surface area contributed by atoms with Crippen LogP contribution in [0.25, 0.3) is 0 Å². The third-order valence-electron chi connectivity index (χ3n) is 3.10. The summed E-state index contributed by atoms with van der Waals surface area (Å²) in [7, 11) is -3.00. The van der Waals surface area contributed by atoms with Gasteiger partial charge in [0.05, 0.1) is 5.75 Å². The second-order valence-electron chi connectivity index (χ2n) is 5.06. The molecule has 0 aromatic carbocycles. The van der Waals surface area contributed by atoms with Crippen LogP contribution in [-0.2, 0) is 9.84 Å². The fourth-order valence-corrected chi connectivity index (χ4v) is 2.56. The third-order valence-corrected chi connectivity index (χ3v) is 4.05. The normalized spacial score (nSPS) is 15.2. The van der Waals surface area contributed by atoms with Gasteiger partial charge < -0.3 is 15.5 Å². The fraction of sp³-hybridized carbons (Fsp3) is 0.750. The first-order chi connectivity index (χ1) is 9.98. The average molecular weight is 314 g/mol. The smallest absolute Gasteiger partial charge is 0.231 e. The highest BCUT2D eigenvalue weighted by atomic mass is 32.2. The SMILES string of the molecule is CCNc1nc(NCCS(C)(=O)=O)nc(N2CCCC2)n1. The van der Waals surface area contributed by atoms with Crippen molar-refractivity contribution in [1.29, 1.82) is 0 Å². The first-order valence-electron chi connectivity index (χ1n) is 7.14. The summed E-state index contributed by atoms with van der Waals surface area (Å²) in [6.45, 7) is 4.85. The van der Waals surface area contributed by atoms with Crippen LogP contribution in [0, 0.1) is 0 Å². The molecule has 1 aromatic rings. The molecular weight excluding hydrogens is 292 g/mol. The number of aromatic nitrogens is 3. The molecule has 0 atom stereocenters. The lowest BCUT2D eigenvalue weighted by Gasteiger charge is -2.17. The second kappa shape index (κ2) is 6.88. The number of anilines is 3. The molecular formula is C12H22N6O2S. The van der Waals surface area contributed by atoms with Crippen LogP contribution in [0.4, 0.5) is 17.8 Å². The largest absolute Gasteiger partial charge is 0.354 e. The molecule has 0 radical (unpaired) electrons. The summed E-state index contributed by atoms with van der Waals surface area (Å²) in [6.07, 6.45) is 3.49. The summed E-state index contributed by atoms with van der Waals surface area (Å²) in [5.41, 5.74) is 0. The Bertz CT molecular complexity index is 571. The van der Waals surface area contributed by atoms with Gasteiger partial charge in [0.1, 0.15) is 9.84 Å². The van der Waals surface area contributed by atoms with E-state index in [-0.39, 0.29) is 12.3 Å². The van der Waals surface area contributed by atoms with E-state index in [0.29, 0.717) is 24.4 Å². The lowest BCUT2D eigenvalue weighted by molar-refractivity contribution is 0.602. The standard InChI is InChI=1S/C12H22N6O2S/c1-3-13-10-15-11(14-6-9-21(2,19)20)17-12(16-10)18-7-4-5-8-18/h3-9H2,1-2H3,(H2,13,14,15,16,17). The first kappa shape index (κ1) is 15.7. The van der Waals surface area contributed by atoms with Crippen LogP contribution >= 0.6 is 0 Å². The first-order valence-corrected chi connectivity index (χ1v) is 9.20. The Kier molecular flexibility index (Phi) is 5.16. The van der Waals surface area contributed by atoms with E-state index in [1.807, 2.05) is 6.92 Å². The molecule has 1 aliphatic heterocycles. The molecule has 0 amide bonds. The van der Waals surface area contributed by atoms with Crippen LogP contribution < -0.4 is 15.5 Å². The Morgan fingerprint density at radius 1 is 1.10 bits per heavy atom. The molecule has 0 spiro atoms. The molecule has 8 nitrogen and oxygen atoms in total. The van der Waals surface area contributed by atoms with Crippen molar-refractivity contribution in [3.8, 4) is 0 Å². The third kappa shape index (κ3) is 5.00. The van der Waals surface area contributed by atoms with E-state index in [1.54, 1.807) is 0 Å². The van der Waals surface area contributed by atoms with Crippen molar-refractivity contribution >= 4 is 27.7 Å². The van der Waals surface area contributed by atoms with E-state index in [2.05, 4.69) is 30.5 Å². The summed E-state index contributed by atoms with van der Waals surface area (Å²) < 4.78 is 22.3. The maximum absolute atomic E-state index is 11.2. The minimum atomic E-state index is -3.00. The molecule has 1 aliphatic rings. The monoisotopic (exact) mass is 314 g/mol. The zero-order valence-electron chi connectivity index (χ0n) is 12.5. The highest BCUT2D eigenvalue weighted by Gasteiger charge is 2.17. The number of hydrogen-bond donors (Lipinski definition) is 2. The van der Waals surface area contributed by atoms with Gasteiger partial charge in [0, 0.05) is 32.4 Å². The predicted molar refractivity (Wildman–Crippen MR) is 83.6 cm³/mol. The van der Waals surface area contributed by atoms with Crippen LogP contribution in [0.15, 0.2) is 0 Å². The van der Waals surface area contributed by atoms with Gasteiger partial charge in [-0.2, -0.15) is 15.0 Å². The van der Waals surface area contributed by atoms with E-state index in [4.69, 9.17) is 0 Å². The summed E-state index contributed by atoms with van der Waals surface area (Å²) in [5.74, 6) is 1.61. The van der Waals surface area contributed by atoms with Crippen molar-refractivity contribution in [2.24, 2.45) is 0 Å². The second-order valence-corrected chi connectivity index (χ2v) is 7.32. The summed E-state index contributed by atoms with van der Waals surface area (Å²) >= 11 is 0. The minimum Gasteiger partial charge on any atom is -0.354 e. The predicted octanol–water partition coefficient (Wildman–Crippen LogP) is 0.360. The summed E-state index contributed by atoms with van der Waals surface area (Å²) in [4.78, 5) is 15.1. The van der Waals surface area contributed by atoms with Gasteiger partial charge in [0.15, 0.2) is 0 Å². The van der Waals surface area contributed by atoms with Gasteiger partial charge >= 0.3 is 0 Å². The Morgan fingerprint density at radius 3 is 2.29 bits per heavy atom. The van der Waals surface area contributed by atoms with E-state index < -0.39 is 9.84 Å². The van der Waals surface area contributed by atoms with Gasteiger partial charge in [-0.25, -0.2) is 8.42 Å². The van der Waals surface area contributed by atoms with Crippen molar-refractivity contribution < 1.29 is 8.42 Å². The van der Waals surface area contributed by atoms with Crippen LogP contribution in [0.1, 0.15) is 19.8 Å². The number of sulfone groups is 1. The summed E-state index contributed by atoms with van der Waals surface area (Å²) in [5, 5.41) is 6.03. The molecule has 1 fully saturated rings. The van der Waals surface area contributed by atoms with Gasteiger partial charge in [0.2, 0.25) is 17.8 Å². The van der Waals surface area contributed by atoms with Gasteiger partial charge in [0.25, 0.3) is 0 Å². The van der Waals surface area contributed by atoms with E-state index in [9.17, 15) is 8.42 Å². The molecule has 9 heteroatoms. The van der Waals surface area contributed by atoms with E-state index >= 15 is 0 Å². The zero-order chi connectivity index (χ0) is 15.3. The van der Waals surface area contributed by atoms with Crippen LogP contribution in [0.2, 0.25) is 0 Å². The number of rotatable bonds is 7. The molecule has 1 aromatic heterocycles. The van der Waals surface area contributed by atoms with Crippen molar-refractivity contribution in [2.75, 3.05) is 53.7 Å². The maximum atomic E-state index is 11.2. The fourth-order valence-electron chi connectivity index (χ4n) is 2.09. The Morgan fingerprint density at radius 2 is 1.71 bits per heavy atom. The summed E-state index contributed by atoms with van der Waals surface area (Å²) in [6, 6.07) is 0. The van der Waals surface area contributed by atoms with Crippen molar-refractivity contribution in [3.05, 3.63) is 0 Å². The molecule has 0 bridgehead atoms. The lowest BCUT2D eigenvalue weighted by Crippen LogP contribution is -2.23. The van der Waals surface area contributed by atoms with Gasteiger partial charge in [-0.05, 0) is 19.8 Å². The molecule has 118 valence electrons. The molecule has 21 heavy (non-hydrogen) atoms. The van der Waals surface area contributed by atoms with E-state index in [0.717, 1.165) is 25.9 Å². The highest BCUT2D eigenvalue weighted by Crippen LogP contribution is 2.18. The topological polar surface area (TPSA) is 100 Å². The van der Waals surface area contributed by atoms with E-state index in [1.165, 1.54) is 6.26 Å². The van der Waals surface area contributed by atoms with Crippen LogP contribution in [-0.4, -0.2) is 61.6 Å². The molecule has 2 N–H and O–H groups in total. The van der Waals surface area contributed by atoms with Crippen molar-refractivity contribution in [1.82, 2.24) is 15.0 Å². The quantitative estimate of drug-likeness (QED) is 0.744. The number of nitrogens with zero attached hydrogens (tertiary/aromatic N) is 4. The minimum absolute atomic E-state index is 0.0499. The van der Waals surface area contributed by atoms with Crippen LogP contribution in [0.5, 0.6) is 0 Å². The van der Waals surface area contributed by atoms with Crippen LogP contribution in [0.3, 0.4) is 0 Å². The maximum Gasteiger partial charge on any atom is 0.231 e. The lowest BCUT2D eigenvalue weighted by atomic mass is 10.4. The molecule has 0 aliphatic carbocycles. The number of hydrogen-bond acceptors (Lipinski definition) is 8. The Balaban J connectivity index is 2.11. The average Bonchev–Trinajstić information content (AvgIpc) is 2.91. The molecule has 0 unspecified atom stereocenters. The van der Waals surface area contributed by atoms with Gasteiger partial charge in [-0.3, -0.25) is 0 Å².